The number of carbonyl (C=O) groups excluding carboxylic acids is 2. The Bertz CT molecular complexity index is 1020. The fourth-order valence-electron chi connectivity index (χ4n) is 3.39. The second-order valence-electron chi connectivity index (χ2n) is 6.51. The van der Waals surface area contributed by atoms with Crippen LogP contribution in [-0.2, 0) is 19.6 Å². The van der Waals surface area contributed by atoms with Crippen LogP contribution in [0.4, 0.5) is 5.69 Å². The molecule has 2 aromatic carbocycles. The van der Waals surface area contributed by atoms with Crippen LogP contribution >= 0.6 is 23.4 Å². The van der Waals surface area contributed by atoms with Crippen molar-refractivity contribution in [2.75, 3.05) is 17.2 Å². The van der Waals surface area contributed by atoms with Gasteiger partial charge in [-0.2, -0.15) is 4.31 Å². The second-order valence-corrected chi connectivity index (χ2v) is 10.0. The van der Waals surface area contributed by atoms with Gasteiger partial charge in [0.05, 0.1) is 16.0 Å². The largest absolute Gasteiger partial charge is 0.274 e. The lowest BCUT2D eigenvalue weighted by Crippen LogP contribution is -2.31. The fraction of sp³-hybridized carbons (Fsp3) is 0.263. The maximum absolute atomic E-state index is 13.2. The number of thioether (sulfide) groups is 1. The lowest BCUT2D eigenvalue weighted by Gasteiger charge is -2.24. The highest BCUT2D eigenvalue weighted by atomic mass is 35.5. The van der Waals surface area contributed by atoms with E-state index >= 15 is 0 Å². The van der Waals surface area contributed by atoms with Crippen LogP contribution in [0.1, 0.15) is 23.8 Å². The Balaban J connectivity index is 1.62. The minimum absolute atomic E-state index is 0.130. The first kappa shape index (κ1) is 19.4. The molecule has 146 valence electrons. The van der Waals surface area contributed by atoms with Crippen LogP contribution in [-0.4, -0.2) is 36.8 Å². The lowest BCUT2D eigenvalue weighted by molar-refractivity contribution is -0.121. The summed E-state index contributed by atoms with van der Waals surface area (Å²) < 4.78 is 27.9. The molecule has 4 rings (SSSR count). The third-order valence-corrected chi connectivity index (χ3v) is 8.24. The van der Waals surface area contributed by atoms with Crippen molar-refractivity contribution in [3.8, 4) is 0 Å². The molecule has 28 heavy (non-hydrogen) atoms. The normalized spacial score (nSPS) is 20.9. The van der Waals surface area contributed by atoms with Crippen molar-refractivity contribution in [1.29, 1.82) is 0 Å². The highest BCUT2D eigenvalue weighted by Crippen LogP contribution is 2.42. The number of amides is 2. The molecule has 0 spiro atoms. The number of imide groups is 1. The van der Waals surface area contributed by atoms with E-state index in [0.717, 1.165) is 10.5 Å². The zero-order valence-electron chi connectivity index (χ0n) is 14.7. The SMILES string of the molecule is O=C1CCC(=O)N1c1ccc(S(=O)(=O)N2CCSC2c2cccc(Cl)c2)cc1. The average molecular weight is 437 g/mol. The molecule has 0 radical (unpaired) electrons. The Labute approximate surface area is 172 Å². The zero-order valence-corrected chi connectivity index (χ0v) is 17.1. The molecular formula is C19H17ClN2O4S2. The van der Waals surface area contributed by atoms with Crippen molar-refractivity contribution < 1.29 is 18.0 Å². The number of hydrogen-bond acceptors (Lipinski definition) is 5. The number of sulfonamides is 1. The maximum atomic E-state index is 13.2. The first-order valence-electron chi connectivity index (χ1n) is 8.73. The minimum atomic E-state index is -3.74. The Morgan fingerprint density at radius 2 is 1.68 bits per heavy atom. The van der Waals surface area contributed by atoms with E-state index in [0.29, 0.717) is 23.0 Å². The van der Waals surface area contributed by atoms with Gasteiger partial charge >= 0.3 is 0 Å². The number of carbonyl (C=O) groups is 2. The highest BCUT2D eigenvalue weighted by molar-refractivity contribution is 8.01. The molecular weight excluding hydrogens is 420 g/mol. The molecule has 1 atom stereocenters. The summed E-state index contributed by atoms with van der Waals surface area (Å²) in [6.45, 7) is 0.398. The summed E-state index contributed by atoms with van der Waals surface area (Å²) in [6.07, 6.45) is 0.371. The van der Waals surface area contributed by atoms with Crippen LogP contribution in [0.2, 0.25) is 5.02 Å². The summed E-state index contributed by atoms with van der Waals surface area (Å²) in [5, 5.41) is 0.219. The second kappa shape index (κ2) is 7.51. The van der Waals surface area contributed by atoms with Crippen molar-refractivity contribution in [2.24, 2.45) is 0 Å². The first-order valence-corrected chi connectivity index (χ1v) is 11.6. The van der Waals surface area contributed by atoms with Crippen LogP contribution in [0, 0.1) is 0 Å². The van der Waals surface area contributed by atoms with Gasteiger partial charge in [0.15, 0.2) is 0 Å². The van der Waals surface area contributed by atoms with Crippen LogP contribution in [0.25, 0.3) is 0 Å². The molecule has 0 N–H and O–H groups in total. The van der Waals surface area contributed by atoms with Gasteiger partial charge in [-0.1, -0.05) is 23.7 Å². The van der Waals surface area contributed by atoms with Crippen molar-refractivity contribution in [3.63, 3.8) is 0 Å². The number of rotatable bonds is 4. The first-order chi connectivity index (χ1) is 13.4. The van der Waals surface area contributed by atoms with Gasteiger partial charge in [-0.25, -0.2) is 8.42 Å². The van der Waals surface area contributed by atoms with Gasteiger partial charge in [0.1, 0.15) is 0 Å². The number of benzene rings is 2. The topological polar surface area (TPSA) is 74.8 Å². The van der Waals surface area contributed by atoms with Crippen molar-refractivity contribution in [1.82, 2.24) is 4.31 Å². The number of hydrogen-bond donors (Lipinski definition) is 0. The van der Waals surface area contributed by atoms with Crippen LogP contribution in [0.15, 0.2) is 53.4 Å². The molecule has 2 amide bonds. The molecule has 0 saturated carbocycles. The standard InChI is InChI=1S/C19H17ClN2O4S2/c20-14-3-1-2-13(12-14)19-21(10-11-27-19)28(25,26)16-6-4-15(5-7-16)22-17(23)8-9-18(22)24/h1-7,12,19H,8-11H2. The Hall–Kier alpha value is -1.87. The predicted molar refractivity (Wildman–Crippen MR) is 109 cm³/mol. The van der Waals surface area contributed by atoms with Crippen LogP contribution in [0.3, 0.4) is 0 Å². The Kier molecular flexibility index (Phi) is 5.22. The van der Waals surface area contributed by atoms with Gasteiger partial charge in [-0.15, -0.1) is 11.8 Å². The van der Waals surface area contributed by atoms with E-state index < -0.39 is 10.0 Å². The molecule has 2 aromatic rings. The third-order valence-electron chi connectivity index (χ3n) is 4.74. The van der Waals surface area contributed by atoms with Gasteiger partial charge in [0, 0.05) is 30.2 Å². The molecule has 0 aromatic heterocycles. The van der Waals surface area contributed by atoms with Crippen molar-refractivity contribution in [2.45, 2.75) is 23.1 Å². The summed E-state index contributed by atoms with van der Waals surface area (Å²) >= 11 is 7.62. The van der Waals surface area contributed by atoms with Gasteiger partial charge in [0.2, 0.25) is 21.8 Å². The highest BCUT2D eigenvalue weighted by Gasteiger charge is 2.37. The van der Waals surface area contributed by atoms with Gasteiger partial charge in [-0.3, -0.25) is 14.5 Å². The molecule has 2 aliphatic heterocycles. The fourth-order valence-corrected chi connectivity index (χ4v) is 6.82. The summed E-state index contributed by atoms with van der Waals surface area (Å²) in [6, 6.07) is 13.1. The van der Waals surface area contributed by atoms with E-state index in [2.05, 4.69) is 0 Å². The van der Waals surface area contributed by atoms with E-state index in [1.165, 1.54) is 28.6 Å². The molecule has 2 heterocycles. The number of halogens is 1. The average Bonchev–Trinajstić information content (AvgIpc) is 3.29. The third kappa shape index (κ3) is 3.45. The molecule has 6 nitrogen and oxygen atoms in total. The molecule has 0 aliphatic carbocycles. The van der Waals surface area contributed by atoms with E-state index in [9.17, 15) is 18.0 Å². The van der Waals surface area contributed by atoms with Gasteiger partial charge in [0.25, 0.3) is 0 Å². The summed E-state index contributed by atoms with van der Waals surface area (Å²) in [7, 11) is -3.74. The molecule has 1 unspecified atom stereocenters. The molecule has 2 fully saturated rings. The smallest absolute Gasteiger partial charge is 0.244 e. The van der Waals surface area contributed by atoms with E-state index in [1.807, 2.05) is 6.07 Å². The van der Waals surface area contributed by atoms with Crippen LogP contribution < -0.4 is 4.90 Å². The van der Waals surface area contributed by atoms with Crippen molar-refractivity contribution >= 4 is 50.9 Å². The number of nitrogens with zero attached hydrogens (tertiary/aromatic N) is 2. The predicted octanol–water partition coefficient (Wildman–Crippen LogP) is 3.43. The molecule has 2 aliphatic rings. The van der Waals surface area contributed by atoms with E-state index in [4.69, 9.17) is 11.6 Å². The molecule has 0 bridgehead atoms. The summed E-state index contributed by atoms with van der Waals surface area (Å²) in [5.41, 5.74) is 1.23. The van der Waals surface area contributed by atoms with Crippen molar-refractivity contribution in [3.05, 3.63) is 59.1 Å². The zero-order chi connectivity index (χ0) is 19.9. The Morgan fingerprint density at radius 3 is 2.32 bits per heavy atom. The summed E-state index contributed by atoms with van der Waals surface area (Å²) in [5.74, 6) is 0.154. The Morgan fingerprint density at radius 1 is 1.00 bits per heavy atom. The van der Waals surface area contributed by atoms with Gasteiger partial charge < -0.3 is 0 Å². The maximum Gasteiger partial charge on any atom is 0.244 e. The lowest BCUT2D eigenvalue weighted by atomic mass is 10.2. The summed E-state index contributed by atoms with van der Waals surface area (Å²) in [4.78, 5) is 25.0. The quantitative estimate of drug-likeness (QED) is 0.686. The van der Waals surface area contributed by atoms with Crippen LogP contribution in [0.5, 0.6) is 0 Å². The number of anilines is 1. The van der Waals surface area contributed by atoms with E-state index in [1.54, 1.807) is 30.0 Å². The molecule has 9 heteroatoms. The molecule has 2 saturated heterocycles. The minimum Gasteiger partial charge on any atom is -0.274 e. The van der Waals surface area contributed by atoms with Gasteiger partial charge in [-0.05, 0) is 42.0 Å². The monoisotopic (exact) mass is 436 g/mol. The van der Waals surface area contributed by atoms with E-state index in [-0.39, 0.29) is 34.9 Å².